The maximum Gasteiger partial charge on any atom is 0.338 e. The van der Waals surface area contributed by atoms with E-state index in [9.17, 15) is 4.79 Å². The van der Waals surface area contributed by atoms with Crippen LogP contribution in [0.15, 0.2) is 28.7 Å². The van der Waals surface area contributed by atoms with Gasteiger partial charge in [0.05, 0.1) is 5.56 Å². The Kier molecular flexibility index (Phi) is 3.21. The van der Waals surface area contributed by atoms with Gasteiger partial charge in [0.15, 0.2) is 0 Å². The third kappa shape index (κ3) is 2.08. The minimum atomic E-state index is -0.144. The van der Waals surface area contributed by atoms with Crippen molar-refractivity contribution in [2.24, 2.45) is 29.6 Å². The van der Waals surface area contributed by atoms with Crippen molar-refractivity contribution < 1.29 is 9.53 Å². The predicted octanol–water partition coefficient (Wildman–Crippen LogP) is 5.21. The van der Waals surface area contributed by atoms with Crippen LogP contribution in [0.3, 0.4) is 0 Å². The van der Waals surface area contributed by atoms with Gasteiger partial charge in [-0.25, -0.2) is 4.79 Å². The summed E-state index contributed by atoms with van der Waals surface area (Å²) in [4.78, 5) is 12.7. The molecule has 0 aliphatic heterocycles. The first-order valence-electron chi connectivity index (χ1n) is 9.15. The van der Waals surface area contributed by atoms with Gasteiger partial charge in [0, 0.05) is 10.4 Å². The van der Waals surface area contributed by atoms with E-state index in [1.807, 2.05) is 24.3 Å². The molecule has 1 aromatic rings. The van der Waals surface area contributed by atoms with E-state index in [1.165, 1.54) is 32.1 Å². The van der Waals surface area contributed by atoms with Gasteiger partial charge in [-0.05, 0) is 92.9 Å². The highest BCUT2D eigenvalue weighted by Crippen LogP contribution is 2.66. The monoisotopic (exact) mass is 374 g/mol. The van der Waals surface area contributed by atoms with E-state index in [1.54, 1.807) is 0 Å². The normalized spacial score (nSPS) is 43.4. The Morgan fingerprint density at radius 2 is 1.83 bits per heavy atom. The van der Waals surface area contributed by atoms with Crippen molar-refractivity contribution in [1.82, 2.24) is 0 Å². The van der Waals surface area contributed by atoms with E-state index in [-0.39, 0.29) is 11.6 Å². The van der Waals surface area contributed by atoms with Gasteiger partial charge in [-0.3, -0.25) is 0 Å². The van der Waals surface area contributed by atoms with Gasteiger partial charge < -0.3 is 4.74 Å². The predicted molar refractivity (Wildman–Crippen MR) is 92.1 cm³/mol. The lowest BCUT2D eigenvalue weighted by atomic mass is 9.66. The highest BCUT2D eigenvalue weighted by atomic mass is 79.9. The van der Waals surface area contributed by atoms with E-state index in [0.717, 1.165) is 41.0 Å². The van der Waals surface area contributed by atoms with Crippen molar-refractivity contribution in [3.05, 3.63) is 34.3 Å². The molecule has 0 saturated heterocycles. The third-order valence-electron chi connectivity index (χ3n) is 7.43. The van der Waals surface area contributed by atoms with E-state index in [4.69, 9.17) is 4.74 Å². The maximum atomic E-state index is 12.7. The molecule has 2 bridgehead atoms. The lowest BCUT2D eigenvalue weighted by Gasteiger charge is -2.45. The molecule has 6 atom stereocenters. The fourth-order valence-electron chi connectivity index (χ4n) is 6.63. The molecule has 0 amide bonds. The lowest BCUT2D eigenvalue weighted by Crippen LogP contribution is -2.47. The van der Waals surface area contributed by atoms with Crippen LogP contribution in [-0.2, 0) is 4.74 Å². The lowest BCUT2D eigenvalue weighted by molar-refractivity contribution is -0.0856. The molecule has 5 rings (SSSR count). The van der Waals surface area contributed by atoms with E-state index in [2.05, 4.69) is 15.9 Å². The van der Waals surface area contributed by atoms with Crippen LogP contribution in [-0.4, -0.2) is 11.6 Å². The molecule has 23 heavy (non-hydrogen) atoms. The summed E-state index contributed by atoms with van der Waals surface area (Å²) in [5.41, 5.74) is 0.545. The van der Waals surface area contributed by atoms with Gasteiger partial charge >= 0.3 is 5.97 Å². The Hall–Kier alpha value is -0.830. The second-order valence-corrected chi connectivity index (χ2v) is 9.14. The van der Waals surface area contributed by atoms with Crippen molar-refractivity contribution in [3.63, 3.8) is 0 Å². The summed E-state index contributed by atoms with van der Waals surface area (Å²) in [5, 5.41) is 0. The number of carbonyl (C=O) groups excluding carboxylic acids is 1. The Labute approximate surface area is 146 Å². The van der Waals surface area contributed by atoms with Crippen LogP contribution in [0.4, 0.5) is 0 Å². The highest BCUT2D eigenvalue weighted by molar-refractivity contribution is 9.10. The number of esters is 1. The Morgan fingerprint density at radius 1 is 1.04 bits per heavy atom. The van der Waals surface area contributed by atoms with Crippen LogP contribution in [0.25, 0.3) is 0 Å². The van der Waals surface area contributed by atoms with Gasteiger partial charge in [-0.1, -0.05) is 15.9 Å². The molecule has 0 aromatic heterocycles. The number of carbonyl (C=O) groups is 1. The van der Waals surface area contributed by atoms with E-state index >= 15 is 0 Å². The molecule has 0 heterocycles. The van der Waals surface area contributed by atoms with Crippen molar-refractivity contribution in [2.75, 3.05) is 0 Å². The summed E-state index contributed by atoms with van der Waals surface area (Å²) in [6.45, 7) is 0. The number of hydrogen-bond donors (Lipinski definition) is 0. The molecule has 122 valence electrons. The van der Waals surface area contributed by atoms with Crippen molar-refractivity contribution in [1.29, 1.82) is 0 Å². The van der Waals surface area contributed by atoms with Crippen LogP contribution in [0.5, 0.6) is 0 Å². The Balaban J connectivity index is 1.43. The van der Waals surface area contributed by atoms with Crippen molar-refractivity contribution in [2.45, 2.75) is 50.5 Å². The van der Waals surface area contributed by atoms with Crippen LogP contribution in [0.2, 0.25) is 0 Å². The van der Waals surface area contributed by atoms with Crippen LogP contribution in [0.1, 0.15) is 55.3 Å². The zero-order valence-corrected chi connectivity index (χ0v) is 14.9. The topological polar surface area (TPSA) is 26.3 Å². The average molecular weight is 375 g/mol. The smallest absolute Gasteiger partial charge is 0.338 e. The molecule has 4 aliphatic rings. The van der Waals surface area contributed by atoms with Gasteiger partial charge in [0.1, 0.15) is 5.60 Å². The molecule has 0 unspecified atom stereocenters. The molecule has 4 aliphatic carbocycles. The quantitative estimate of drug-likeness (QED) is 0.664. The minimum absolute atomic E-state index is 0.113. The maximum absolute atomic E-state index is 12.7. The summed E-state index contributed by atoms with van der Waals surface area (Å²) in [5.74, 6) is 4.06. The van der Waals surface area contributed by atoms with Crippen molar-refractivity contribution >= 4 is 21.9 Å². The highest BCUT2D eigenvalue weighted by Gasteiger charge is 2.63. The molecule has 1 aromatic carbocycles. The number of benzene rings is 1. The molecule has 4 fully saturated rings. The number of hydrogen-bond acceptors (Lipinski definition) is 2. The molecule has 0 radical (unpaired) electrons. The Morgan fingerprint density at radius 3 is 2.65 bits per heavy atom. The zero-order valence-electron chi connectivity index (χ0n) is 13.3. The minimum Gasteiger partial charge on any atom is -0.455 e. The van der Waals surface area contributed by atoms with Gasteiger partial charge in [0.2, 0.25) is 0 Å². The van der Waals surface area contributed by atoms with Crippen LogP contribution < -0.4 is 0 Å². The second-order valence-electron chi connectivity index (χ2n) is 8.23. The molecular formula is C20H23BrO2. The van der Waals surface area contributed by atoms with Crippen LogP contribution >= 0.6 is 15.9 Å². The van der Waals surface area contributed by atoms with Gasteiger partial charge in [-0.2, -0.15) is 0 Å². The fraction of sp³-hybridized carbons (Fsp3) is 0.650. The average Bonchev–Trinajstić information content (AvgIpc) is 3.22. The first-order valence-corrected chi connectivity index (χ1v) is 9.94. The number of halogens is 1. The molecule has 0 N–H and O–H groups in total. The molecule has 4 saturated carbocycles. The summed E-state index contributed by atoms with van der Waals surface area (Å²) in [7, 11) is 0. The zero-order chi connectivity index (χ0) is 15.6. The van der Waals surface area contributed by atoms with Crippen LogP contribution in [0, 0.1) is 29.6 Å². The summed E-state index contributed by atoms with van der Waals surface area (Å²) >= 11 is 3.43. The number of rotatable bonds is 2. The standard InChI is InChI=1S/C20H23BrO2/c21-15-5-1-13(2-6-15)19(22)23-20-10-9-14(11-20)16-7-3-12-4-8-17(20)18(12)16/h1-2,5-6,12,14,16-18H,3-4,7-11H2/t12-,14+,16+,17-,18+,20+/m1/s1. The van der Waals surface area contributed by atoms with E-state index < -0.39 is 0 Å². The molecule has 3 heteroatoms. The van der Waals surface area contributed by atoms with Crippen molar-refractivity contribution in [3.8, 4) is 0 Å². The number of fused-ring (bicyclic) bond motifs is 4. The second kappa shape index (κ2) is 5.08. The summed E-state index contributed by atoms with van der Waals surface area (Å²) in [6.07, 6.45) is 9.03. The van der Waals surface area contributed by atoms with E-state index in [0.29, 0.717) is 11.5 Å². The number of ether oxygens (including phenoxy) is 1. The fourth-order valence-corrected chi connectivity index (χ4v) is 6.90. The summed E-state index contributed by atoms with van der Waals surface area (Å²) < 4.78 is 7.28. The SMILES string of the molecule is O=C(O[C@@]12CC[C@@H](C1)[C@@H]1CC[C@@H]3CC[C@@H]2[C@@H]31)c1ccc(Br)cc1. The third-order valence-corrected chi connectivity index (χ3v) is 7.95. The molecule has 2 nitrogen and oxygen atoms in total. The largest absolute Gasteiger partial charge is 0.455 e. The molecular weight excluding hydrogens is 352 g/mol. The van der Waals surface area contributed by atoms with Gasteiger partial charge in [0.25, 0.3) is 0 Å². The van der Waals surface area contributed by atoms with Gasteiger partial charge in [-0.15, -0.1) is 0 Å². The summed E-state index contributed by atoms with van der Waals surface area (Å²) in [6, 6.07) is 7.58. The first kappa shape index (κ1) is 14.5. The molecule has 0 spiro atoms. The Bertz CT molecular complexity index is 640. The first-order chi connectivity index (χ1) is 11.2.